The SMILES string of the molecule is CCCNC(=O)[C@H](C)Sc1nnc(-c2cccs2)n1C1CC1. The molecule has 1 amide bonds. The number of rotatable bonds is 7. The maximum Gasteiger partial charge on any atom is 0.233 e. The summed E-state index contributed by atoms with van der Waals surface area (Å²) in [7, 11) is 0. The molecule has 3 rings (SSSR count). The summed E-state index contributed by atoms with van der Waals surface area (Å²) in [5, 5.41) is 14.4. The molecule has 0 spiro atoms. The third-order valence-electron chi connectivity index (χ3n) is 3.52. The number of hydrogen-bond acceptors (Lipinski definition) is 5. The Hall–Kier alpha value is -1.34. The van der Waals surface area contributed by atoms with Crippen molar-refractivity contribution in [2.75, 3.05) is 6.54 Å². The summed E-state index contributed by atoms with van der Waals surface area (Å²) in [6, 6.07) is 4.58. The van der Waals surface area contributed by atoms with Crippen LogP contribution in [0.25, 0.3) is 10.7 Å². The quantitative estimate of drug-likeness (QED) is 0.788. The number of aromatic nitrogens is 3. The zero-order valence-corrected chi connectivity index (χ0v) is 14.4. The van der Waals surface area contributed by atoms with Gasteiger partial charge >= 0.3 is 0 Å². The third kappa shape index (κ3) is 3.35. The van der Waals surface area contributed by atoms with Crippen LogP contribution in [-0.2, 0) is 4.79 Å². The van der Waals surface area contributed by atoms with E-state index in [0.717, 1.165) is 28.8 Å². The zero-order valence-electron chi connectivity index (χ0n) is 12.8. The van der Waals surface area contributed by atoms with Crippen LogP contribution in [0.5, 0.6) is 0 Å². The number of thioether (sulfide) groups is 1. The summed E-state index contributed by atoms with van der Waals surface area (Å²) >= 11 is 3.17. The van der Waals surface area contributed by atoms with Gasteiger partial charge in [0.1, 0.15) is 0 Å². The van der Waals surface area contributed by atoms with E-state index in [2.05, 4.69) is 38.5 Å². The van der Waals surface area contributed by atoms with Gasteiger partial charge < -0.3 is 5.32 Å². The highest BCUT2D eigenvalue weighted by Gasteiger charge is 2.31. The topological polar surface area (TPSA) is 59.8 Å². The maximum absolute atomic E-state index is 12.1. The second kappa shape index (κ2) is 6.83. The molecule has 1 saturated carbocycles. The molecule has 2 aromatic heterocycles. The maximum atomic E-state index is 12.1. The number of carbonyl (C=O) groups excluding carboxylic acids is 1. The molecule has 0 radical (unpaired) electrons. The lowest BCUT2D eigenvalue weighted by Crippen LogP contribution is -2.31. The molecule has 1 aliphatic carbocycles. The van der Waals surface area contributed by atoms with Gasteiger partial charge in [-0.05, 0) is 37.6 Å². The van der Waals surface area contributed by atoms with Crippen molar-refractivity contribution < 1.29 is 4.79 Å². The molecule has 22 heavy (non-hydrogen) atoms. The molecule has 0 unspecified atom stereocenters. The van der Waals surface area contributed by atoms with E-state index >= 15 is 0 Å². The normalized spacial score (nSPS) is 15.7. The van der Waals surface area contributed by atoms with Gasteiger partial charge in [0.15, 0.2) is 11.0 Å². The predicted molar refractivity (Wildman–Crippen MR) is 90.2 cm³/mol. The Kier molecular flexibility index (Phi) is 4.83. The number of hydrogen-bond donors (Lipinski definition) is 1. The molecule has 1 N–H and O–H groups in total. The van der Waals surface area contributed by atoms with Crippen molar-refractivity contribution in [1.29, 1.82) is 0 Å². The molecule has 2 aromatic rings. The van der Waals surface area contributed by atoms with E-state index < -0.39 is 0 Å². The zero-order chi connectivity index (χ0) is 15.5. The highest BCUT2D eigenvalue weighted by atomic mass is 32.2. The summed E-state index contributed by atoms with van der Waals surface area (Å²) in [5.41, 5.74) is 0. The average molecular weight is 336 g/mol. The Balaban J connectivity index is 1.78. The van der Waals surface area contributed by atoms with Crippen LogP contribution >= 0.6 is 23.1 Å². The van der Waals surface area contributed by atoms with E-state index in [0.29, 0.717) is 6.04 Å². The van der Waals surface area contributed by atoms with Crippen molar-refractivity contribution in [2.45, 2.75) is 49.6 Å². The predicted octanol–water partition coefficient (Wildman–Crippen LogP) is 3.35. The Morgan fingerprint density at radius 2 is 2.36 bits per heavy atom. The second-order valence-corrected chi connectivity index (χ2v) is 7.69. The summed E-state index contributed by atoms with van der Waals surface area (Å²) in [4.78, 5) is 13.2. The van der Waals surface area contributed by atoms with Crippen molar-refractivity contribution in [2.24, 2.45) is 0 Å². The smallest absolute Gasteiger partial charge is 0.233 e. The van der Waals surface area contributed by atoms with Crippen molar-refractivity contribution in [3.63, 3.8) is 0 Å². The lowest BCUT2D eigenvalue weighted by molar-refractivity contribution is -0.120. The number of thiophene rings is 1. The van der Waals surface area contributed by atoms with Gasteiger partial charge in [-0.2, -0.15) is 0 Å². The van der Waals surface area contributed by atoms with Crippen LogP contribution in [0, 0.1) is 0 Å². The van der Waals surface area contributed by atoms with Gasteiger partial charge in [0.25, 0.3) is 0 Å². The first-order valence-electron chi connectivity index (χ1n) is 7.63. The fourth-order valence-electron chi connectivity index (χ4n) is 2.20. The lowest BCUT2D eigenvalue weighted by atomic mass is 10.4. The van der Waals surface area contributed by atoms with Gasteiger partial charge in [-0.15, -0.1) is 21.5 Å². The average Bonchev–Trinajstić information content (AvgIpc) is 3.04. The van der Waals surface area contributed by atoms with Gasteiger partial charge in [0, 0.05) is 12.6 Å². The van der Waals surface area contributed by atoms with E-state index in [1.807, 2.05) is 13.0 Å². The molecule has 1 atom stereocenters. The molecule has 7 heteroatoms. The number of carbonyl (C=O) groups is 1. The number of nitrogens with one attached hydrogen (secondary N) is 1. The largest absolute Gasteiger partial charge is 0.355 e. The molecule has 1 fully saturated rings. The lowest BCUT2D eigenvalue weighted by Gasteiger charge is -2.12. The monoisotopic (exact) mass is 336 g/mol. The van der Waals surface area contributed by atoms with Gasteiger partial charge in [-0.3, -0.25) is 9.36 Å². The summed E-state index contributed by atoms with van der Waals surface area (Å²) in [5.74, 6) is 0.996. The van der Waals surface area contributed by atoms with Crippen LogP contribution in [0.3, 0.4) is 0 Å². The standard InChI is InChI=1S/C15H20N4OS2/c1-3-8-16-14(20)10(2)22-15-18-17-13(12-5-4-9-21-12)19(15)11-6-7-11/h4-5,9-11H,3,6-8H2,1-2H3,(H,16,20)/t10-/m0/s1. The summed E-state index contributed by atoms with van der Waals surface area (Å²) in [6.45, 7) is 4.70. The molecule has 118 valence electrons. The van der Waals surface area contributed by atoms with E-state index in [1.54, 1.807) is 11.3 Å². The first-order valence-corrected chi connectivity index (χ1v) is 9.39. The Bertz CT molecular complexity index is 634. The highest BCUT2D eigenvalue weighted by molar-refractivity contribution is 8.00. The molecular formula is C15H20N4OS2. The van der Waals surface area contributed by atoms with Crippen LogP contribution in [0.15, 0.2) is 22.7 Å². The minimum absolute atomic E-state index is 0.0647. The minimum Gasteiger partial charge on any atom is -0.355 e. The fraction of sp³-hybridized carbons (Fsp3) is 0.533. The minimum atomic E-state index is -0.163. The number of nitrogens with zero attached hydrogens (tertiary/aromatic N) is 3. The molecule has 0 aromatic carbocycles. The van der Waals surface area contributed by atoms with Gasteiger partial charge in [0.2, 0.25) is 5.91 Å². The van der Waals surface area contributed by atoms with E-state index in [4.69, 9.17) is 0 Å². The molecule has 0 aliphatic heterocycles. The van der Waals surface area contributed by atoms with E-state index in [1.165, 1.54) is 24.6 Å². The van der Waals surface area contributed by atoms with Gasteiger partial charge in [-0.25, -0.2) is 0 Å². The van der Waals surface area contributed by atoms with Crippen LogP contribution in [0.2, 0.25) is 0 Å². The molecule has 5 nitrogen and oxygen atoms in total. The van der Waals surface area contributed by atoms with Crippen molar-refractivity contribution in [1.82, 2.24) is 20.1 Å². The van der Waals surface area contributed by atoms with Crippen LogP contribution < -0.4 is 5.32 Å². The van der Waals surface area contributed by atoms with Crippen LogP contribution in [0.4, 0.5) is 0 Å². The molecular weight excluding hydrogens is 316 g/mol. The first-order chi connectivity index (χ1) is 10.7. The van der Waals surface area contributed by atoms with Crippen LogP contribution in [0.1, 0.15) is 39.2 Å². The van der Waals surface area contributed by atoms with Gasteiger partial charge in [-0.1, -0.05) is 24.8 Å². The van der Waals surface area contributed by atoms with E-state index in [9.17, 15) is 4.79 Å². The summed E-state index contributed by atoms with van der Waals surface area (Å²) in [6.07, 6.45) is 3.28. The molecule has 0 saturated heterocycles. The second-order valence-electron chi connectivity index (χ2n) is 5.44. The Morgan fingerprint density at radius 1 is 1.55 bits per heavy atom. The van der Waals surface area contributed by atoms with E-state index in [-0.39, 0.29) is 11.2 Å². The number of amides is 1. The Labute approximate surface area is 138 Å². The Morgan fingerprint density at radius 3 is 3.00 bits per heavy atom. The van der Waals surface area contributed by atoms with Crippen molar-refractivity contribution >= 4 is 29.0 Å². The van der Waals surface area contributed by atoms with Crippen molar-refractivity contribution in [3.05, 3.63) is 17.5 Å². The fourth-order valence-corrected chi connectivity index (χ4v) is 3.85. The summed E-state index contributed by atoms with van der Waals surface area (Å²) < 4.78 is 2.21. The molecule has 0 bridgehead atoms. The first kappa shape index (κ1) is 15.6. The highest BCUT2D eigenvalue weighted by Crippen LogP contribution is 2.42. The molecule has 1 aliphatic rings. The van der Waals surface area contributed by atoms with Gasteiger partial charge in [0.05, 0.1) is 10.1 Å². The third-order valence-corrected chi connectivity index (χ3v) is 5.44. The van der Waals surface area contributed by atoms with Crippen LogP contribution in [-0.4, -0.2) is 32.5 Å². The molecule has 2 heterocycles. The van der Waals surface area contributed by atoms with Crippen molar-refractivity contribution in [3.8, 4) is 10.7 Å².